The molecule has 0 fully saturated rings. The molecule has 3 aromatic carbocycles. The third-order valence-electron chi connectivity index (χ3n) is 7.01. The zero-order chi connectivity index (χ0) is 31.0. The average Bonchev–Trinajstić information content (AvgIpc) is 3.01. The fraction of sp³-hybridized carbons (Fsp3) is 0.353. The Labute approximate surface area is 253 Å². The van der Waals surface area contributed by atoms with Gasteiger partial charge in [0, 0.05) is 6.42 Å². The first kappa shape index (κ1) is 33.0. The van der Waals surface area contributed by atoms with Crippen molar-refractivity contribution >= 4 is 23.8 Å². The number of unbranched alkanes of at least 4 members (excludes halogenated alkanes) is 1. The molecule has 0 aliphatic carbocycles. The third kappa shape index (κ3) is 11.0. The third-order valence-corrected chi connectivity index (χ3v) is 7.01. The number of carbonyl (C=O) groups excluding carboxylic acids is 4. The first-order chi connectivity index (χ1) is 20.8. The highest BCUT2D eigenvalue weighted by Gasteiger charge is 2.28. The van der Waals surface area contributed by atoms with E-state index in [2.05, 4.69) is 16.0 Å². The van der Waals surface area contributed by atoms with E-state index in [0.29, 0.717) is 18.4 Å². The molecular formula is C34H41N3O6. The van der Waals surface area contributed by atoms with Crippen molar-refractivity contribution in [2.75, 3.05) is 20.2 Å². The molecule has 9 nitrogen and oxygen atoms in total. The maximum Gasteiger partial charge on any atom is 0.408 e. The highest BCUT2D eigenvalue weighted by atomic mass is 16.5. The molecule has 0 bridgehead atoms. The summed E-state index contributed by atoms with van der Waals surface area (Å²) in [5.41, 5.74) is 3.56. The van der Waals surface area contributed by atoms with Crippen LogP contribution in [0.1, 0.15) is 51.9 Å². The van der Waals surface area contributed by atoms with Crippen molar-refractivity contribution < 1.29 is 28.7 Å². The van der Waals surface area contributed by atoms with Crippen LogP contribution in [0.5, 0.6) is 0 Å². The number of rotatable bonds is 16. The van der Waals surface area contributed by atoms with Crippen LogP contribution < -0.4 is 16.0 Å². The molecule has 3 aromatic rings. The van der Waals surface area contributed by atoms with Crippen LogP contribution in [-0.4, -0.2) is 56.0 Å². The van der Waals surface area contributed by atoms with E-state index < -0.39 is 42.4 Å². The molecule has 0 aromatic heterocycles. The summed E-state index contributed by atoms with van der Waals surface area (Å²) in [7, 11) is 1.84. The Bertz CT molecular complexity index is 1330. The number of amides is 2. The number of aryl methyl sites for hydroxylation is 2. The molecule has 0 saturated carbocycles. The van der Waals surface area contributed by atoms with Crippen LogP contribution in [0, 0.1) is 13.8 Å². The molecule has 43 heavy (non-hydrogen) atoms. The van der Waals surface area contributed by atoms with Crippen molar-refractivity contribution in [3.05, 3.63) is 107 Å². The molecule has 0 heterocycles. The predicted molar refractivity (Wildman–Crippen MR) is 165 cm³/mol. The molecule has 0 aliphatic rings. The molecule has 9 heteroatoms. The minimum absolute atomic E-state index is 0.0463. The molecule has 3 N–H and O–H groups in total. The Balaban J connectivity index is 1.70. The molecule has 0 radical (unpaired) electrons. The van der Waals surface area contributed by atoms with Gasteiger partial charge in [0.15, 0.2) is 12.4 Å². The number of ether oxygens (including phenoxy) is 2. The molecule has 0 spiro atoms. The molecule has 2 amide bonds. The molecule has 2 atom stereocenters. The van der Waals surface area contributed by atoms with E-state index in [1.54, 1.807) is 26.0 Å². The second-order valence-electron chi connectivity index (χ2n) is 10.4. The first-order valence-corrected chi connectivity index (χ1v) is 14.5. The zero-order valence-electron chi connectivity index (χ0n) is 25.1. The van der Waals surface area contributed by atoms with Crippen molar-refractivity contribution in [1.29, 1.82) is 0 Å². The van der Waals surface area contributed by atoms with E-state index >= 15 is 0 Å². The van der Waals surface area contributed by atoms with Crippen LogP contribution in [0.2, 0.25) is 0 Å². The quantitative estimate of drug-likeness (QED) is 0.167. The summed E-state index contributed by atoms with van der Waals surface area (Å²) in [5, 5.41) is 8.54. The molecule has 228 valence electrons. The molecular weight excluding hydrogens is 546 g/mol. The van der Waals surface area contributed by atoms with Gasteiger partial charge < -0.3 is 25.4 Å². The smallest absolute Gasteiger partial charge is 0.408 e. The van der Waals surface area contributed by atoms with Crippen LogP contribution in [0.15, 0.2) is 78.9 Å². The van der Waals surface area contributed by atoms with E-state index in [1.165, 1.54) is 0 Å². The maximum atomic E-state index is 13.6. The number of nitrogens with one attached hydrogen (secondary N) is 3. The number of carbonyl (C=O) groups is 4. The van der Waals surface area contributed by atoms with E-state index in [9.17, 15) is 19.2 Å². The monoisotopic (exact) mass is 587 g/mol. The lowest BCUT2D eigenvalue weighted by Gasteiger charge is -2.23. The van der Waals surface area contributed by atoms with Crippen LogP contribution in [-0.2, 0) is 32.1 Å². The second-order valence-corrected chi connectivity index (χ2v) is 10.4. The molecule has 3 rings (SSSR count). The number of hydrogen-bond acceptors (Lipinski definition) is 7. The van der Waals surface area contributed by atoms with E-state index in [4.69, 9.17) is 9.47 Å². The Kier molecular flexibility index (Phi) is 13.4. The summed E-state index contributed by atoms with van der Waals surface area (Å²) in [6, 6.07) is 22.0. The van der Waals surface area contributed by atoms with Crippen molar-refractivity contribution in [1.82, 2.24) is 16.0 Å². The average molecular weight is 588 g/mol. The van der Waals surface area contributed by atoms with Gasteiger partial charge in [0.2, 0.25) is 5.91 Å². The van der Waals surface area contributed by atoms with E-state index in [1.807, 2.05) is 73.8 Å². The lowest BCUT2D eigenvalue weighted by molar-refractivity contribution is -0.130. The van der Waals surface area contributed by atoms with Gasteiger partial charge in [-0.15, -0.1) is 0 Å². The topological polar surface area (TPSA) is 123 Å². The van der Waals surface area contributed by atoms with Gasteiger partial charge in [-0.3, -0.25) is 9.59 Å². The normalized spacial score (nSPS) is 12.1. The minimum Gasteiger partial charge on any atom is -0.454 e. The molecule has 0 unspecified atom stereocenters. The lowest BCUT2D eigenvalue weighted by Crippen LogP contribution is -2.53. The first-order valence-electron chi connectivity index (χ1n) is 14.5. The number of esters is 1. The van der Waals surface area contributed by atoms with Crippen molar-refractivity contribution in [2.24, 2.45) is 0 Å². The minimum atomic E-state index is -1.00. The largest absolute Gasteiger partial charge is 0.454 e. The summed E-state index contributed by atoms with van der Waals surface area (Å²) in [6.45, 7) is 3.92. The SMILES string of the molecule is CNCCCC[C@@H](NC(=O)[C@@H](Cc1ccccc1)NC(=O)OCc1ccccc1)C(=O)COC(=O)c1c(C)cccc1C. The Morgan fingerprint density at radius 1 is 0.721 bits per heavy atom. The number of benzene rings is 3. The number of alkyl carbamates (subject to hydrolysis) is 1. The van der Waals surface area contributed by atoms with Gasteiger partial charge in [-0.1, -0.05) is 78.9 Å². The Morgan fingerprint density at radius 3 is 1.98 bits per heavy atom. The van der Waals surface area contributed by atoms with Gasteiger partial charge in [-0.25, -0.2) is 9.59 Å². The van der Waals surface area contributed by atoms with Gasteiger partial charge >= 0.3 is 12.1 Å². The van der Waals surface area contributed by atoms with Gasteiger partial charge in [0.05, 0.1) is 11.6 Å². The van der Waals surface area contributed by atoms with Crippen LogP contribution in [0.25, 0.3) is 0 Å². The Morgan fingerprint density at radius 2 is 1.35 bits per heavy atom. The van der Waals surface area contributed by atoms with E-state index in [-0.39, 0.29) is 13.0 Å². The molecule has 0 saturated heterocycles. The van der Waals surface area contributed by atoms with Gasteiger partial charge in [0.1, 0.15) is 12.6 Å². The highest BCUT2D eigenvalue weighted by Crippen LogP contribution is 2.15. The standard InChI is InChI=1S/C34H41N3O6/c1-24-13-12-14-25(2)31(24)33(40)42-23-30(38)28(19-10-11-20-35-3)36-32(39)29(21-26-15-6-4-7-16-26)37-34(41)43-22-27-17-8-5-9-18-27/h4-9,12-18,28-29,35H,10-11,19-23H2,1-3H3,(H,36,39)(H,37,41)/t28-,29-/m1/s1. The number of hydrogen-bond donors (Lipinski definition) is 3. The lowest BCUT2D eigenvalue weighted by atomic mass is 10.0. The fourth-order valence-electron chi connectivity index (χ4n) is 4.65. The summed E-state index contributed by atoms with van der Waals surface area (Å²) in [6.07, 6.45) is 1.23. The highest BCUT2D eigenvalue weighted by molar-refractivity contribution is 5.96. The van der Waals surface area contributed by atoms with Crippen LogP contribution in [0.3, 0.4) is 0 Å². The summed E-state index contributed by atoms with van der Waals surface area (Å²) in [5.74, 6) is -1.55. The van der Waals surface area contributed by atoms with E-state index in [0.717, 1.165) is 35.2 Å². The summed E-state index contributed by atoms with van der Waals surface area (Å²) < 4.78 is 10.7. The van der Waals surface area contributed by atoms with Crippen LogP contribution >= 0.6 is 0 Å². The van der Waals surface area contributed by atoms with Crippen molar-refractivity contribution in [2.45, 2.75) is 58.2 Å². The Hall–Kier alpha value is -4.50. The number of ketones is 1. The van der Waals surface area contributed by atoms with Crippen LogP contribution in [0.4, 0.5) is 4.79 Å². The van der Waals surface area contributed by atoms with Crippen molar-refractivity contribution in [3.63, 3.8) is 0 Å². The summed E-state index contributed by atoms with van der Waals surface area (Å²) >= 11 is 0. The second kappa shape index (κ2) is 17.5. The predicted octanol–water partition coefficient (Wildman–Crippen LogP) is 4.44. The molecule has 0 aliphatic heterocycles. The van der Waals surface area contributed by atoms with Gasteiger partial charge in [0.25, 0.3) is 0 Å². The van der Waals surface area contributed by atoms with Gasteiger partial charge in [-0.2, -0.15) is 0 Å². The van der Waals surface area contributed by atoms with Crippen molar-refractivity contribution in [3.8, 4) is 0 Å². The number of Topliss-reactive ketones (excluding diaryl/α,β-unsaturated/α-hetero) is 1. The van der Waals surface area contributed by atoms with Gasteiger partial charge in [-0.05, 0) is 69.0 Å². The fourth-order valence-corrected chi connectivity index (χ4v) is 4.65. The maximum absolute atomic E-state index is 13.6. The zero-order valence-corrected chi connectivity index (χ0v) is 25.1. The summed E-state index contributed by atoms with van der Waals surface area (Å²) in [4.78, 5) is 52.4.